The van der Waals surface area contributed by atoms with Crippen molar-refractivity contribution in [2.24, 2.45) is 0 Å². The molecule has 0 spiro atoms. The highest BCUT2D eigenvalue weighted by Crippen LogP contribution is 2.24. The van der Waals surface area contributed by atoms with E-state index in [9.17, 15) is 0 Å². The van der Waals surface area contributed by atoms with E-state index in [-0.39, 0.29) is 0 Å². The monoisotopic (exact) mass is 150 g/mol. The Labute approximate surface area is 64.6 Å². The minimum absolute atomic E-state index is 0.578. The topological polar surface area (TPSA) is 9.23 Å². The van der Waals surface area contributed by atoms with E-state index in [0.29, 0.717) is 6.61 Å². The van der Waals surface area contributed by atoms with Crippen molar-refractivity contribution in [1.82, 2.24) is 0 Å². The number of hydrogen-bond donors (Lipinski definition) is 0. The Balaban J connectivity index is 2.61. The molecule has 1 aromatic carbocycles. The summed E-state index contributed by atoms with van der Waals surface area (Å²) < 4.78 is 5.27. The van der Waals surface area contributed by atoms with Crippen LogP contribution in [0.2, 0.25) is 0 Å². The van der Waals surface area contributed by atoms with Crippen molar-refractivity contribution in [1.29, 1.82) is 0 Å². The van der Waals surface area contributed by atoms with Gasteiger partial charge >= 0.3 is 0 Å². The molecule has 0 N–H and O–H groups in total. The van der Waals surface area contributed by atoms with Crippen LogP contribution in [0.3, 0.4) is 0 Å². The SMILES string of the molecule is S=C1COc2ccccc21. The van der Waals surface area contributed by atoms with E-state index >= 15 is 0 Å². The van der Waals surface area contributed by atoms with E-state index in [0.717, 1.165) is 16.2 Å². The highest BCUT2D eigenvalue weighted by molar-refractivity contribution is 7.81. The average molecular weight is 150 g/mol. The standard InChI is InChI=1S/C8H6OS/c10-8-5-9-7-4-2-1-3-6(7)8/h1-4H,5H2. The van der Waals surface area contributed by atoms with E-state index in [1.165, 1.54) is 0 Å². The summed E-state index contributed by atoms with van der Waals surface area (Å²) in [5, 5.41) is 0. The zero-order chi connectivity index (χ0) is 6.97. The molecule has 0 saturated carbocycles. The van der Waals surface area contributed by atoms with Gasteiger partial charge in [0.1, 0.15) is 12.4 Å². The molecule has 0 aliphatic carbocycles. The Bertz CT molecular complexity index is 280. The molecule has 1 heterocycles. The quantitative estimate of drug-likeness (QED) is 0.521. The van der Waals surface area contributed by atoms with E-state index in [2.05, 4.69) is 0 Å². The van der Waals surface area contributed by atoms with E-state index in [1.807, 2.05) is 24.3 Å². The number of fused-ring (bicyclic) bond motifs is 1. The number of ether oxygens (including phenoxy) is 1. The first-order chi connectivity index (χ1) is 4.88. The molecule has 50 valence electrons. The predicted octanol–water partition coefficient (Wildman–Crippen LogP) is 1.80. The zero-order valence-corrected chi connectivity index (χ0v) is 6.15. The zero-order valence-electron chi connectivity index (χ0n) is 5.33. The maximum atomic E-state index is 5.27. The molecule has 0 fully saturated rings. The second-order valence-corrected chi connectivity index (χ2v) is 2.70. The molecule has 0 unspecified atom stereocenters. The molecule has 0 amide bonds. The third-order valence-electron chi connectivity index (χ3n) is 1.55. The first-order valence-corrected chi connectivity index (χ1v) is 3.54. The van der Waals surface area contributed by atoms with Crippen molar-refractivity contribution >= 4 is 17.1 Å². The van der Waals surface area contributed by atoms with Gasteiger partial charge in [-0.25, -0.2) is 0 Å². The van der Waals surface area contributed by atoms with Gasteiger partial charge in [-0.15, -0.1) is 0 Å². The number of hydrogen-bond acceptors (Lipinski definition) is 2. The molecular formula is C8H6OS. The van der Waals surface area contributed by atoms with Crippen LogP contribution in [0.1, 0.15) is 5.56 Å². The van der Waals surface area contributed by atoms with E-state index in [1.54, 1.807) is 0 Å². The van der Waals surface area contributed by atoms with Gasteiger partial charge in [-0.3, -0.25) is 0 Å². The number of rotatable bonds is 0. The maximum absolute atomic E-state index is 5.27. The minimum atomic E-state index is 0.578. The van der Waals surface area contributed by atoms with E-state index < -0.39 is 0 Å². The Kier molecular flexibility index (Phi) is 1.21. The number of benzene rings is 1. The van der Waals surface area contributed by atoms with Gasteiger partial charge < -0.3 is 4.74 Å². The Hall–Kier alpha value is -0.890. The number of thiocarbonyl (C=S) groups is 1. The molecule has 0 atom stereocenters. The van der Waals surface area contributed by atoms with Crippen LogP contribution >= 0.6 is 12.2 Å². The molecule has 0 aromatic heterocycles. The fourth-order valence-corrected chi connectivity index (χ4v) is 1.27. The van der Waals surface area contributed by atoms with Crippen molar-refractivity contribution in [2.45, 2.75) is 0 Å². The molecule has 2 rings (SSSR count). The summed E-state index contributed by atoms with van der Waals surface area (Å²) in [4.78, 5) is 0.913. The molecule has 1 aromatic rings. The predicted molar refractivity (Wildman–Crippen MR) is 43.6 cm³/mol. The molecule has 1 aliphatic heterocycles. The van der Waals surface area contributed by atoms with Crippen molar-refractivity contribution in [3.05, 3.63) is 29.8 Å². The van der Waals surface area contributed by atoms with Crippen LogP contribution in [0.4, 0.5) is 0 Å². The molecule has 10 heavy (non-hydrogen) atoms. The Morgan fingerprint density at radius 2 is 2.10 bits per heavy atom. The van der Waals surface area contributed by atoms with Gasteiger partial charge in [0, 0.05) is 5.56 Å². The van der Waals surface area contributed by atoms with Crippen LogP contribution in [0.15, 0.2) is 24.3 Å². The molecule has 1 nitrogen and oxygen atoms in total. The van der Waals surface area contributed by atoms with Gasteiger partial charge in [-0.05, 0) is 12.1 Å². The summed E-state index contributed by atoms with van der Waals surface area (Å²) in [6, 6.07) is 7.85. The summed E-state index contributed by atoms with van der Waals surface area (Å²) in [7, 11) is 0. The summed E-state index contributed by atoms with van der Waals surface area (Å²) in [5.41, 5.74) is 1.08. The summed E-state index contributed by atoms with van der Waals surface area (Å²) in [6.45, 7) is 0.578. The van der Waals surface area contributed by atoms with Gasteiger partial charge in [0.2, 0.25) is 0 Å². The van der Waals surface area contributed by atoms with Crippen molar-refractivity contribution < 1.29 is 4.74 Å². The normalized spacial score (nSPS) is 14.6. The van der Waals surface area contributed by atoms with Gasteiger partial charge in [0.05, 0.1) is 4.86 Å². The summed E-state index contributed by atoms with van der Waals surface area (Å²) in [6.07, 6.45) is 0. The van der Waals surface area contributed by atoms with Crippen LogP contribution in [0.5, 0.6) is 5.75 Å². The third-order valence-corrected chi connectivity index (χ3v) is 1.88. The first-order valence-electron chi connectivity index (χ1n) is 3.13. The molecule has 0 bridgehead atoms. The molecule has 1 aliphatic rings. The van der Waals surface area contributed by atoms with Crippen molar-refractivity contribution in [3.8, 4) is 5.75 Å². The van der Waals surface area contributed by atoms with Gasteiger partial charge in [0.15, 0.2) is 0 Å². The summed E-state index contributed by atoms with van der Waals surface area (Å²) in [5.74, 6) is 0.924. The Morgan fingerprint density at radius 1 is 1.30 bits per heavy atom. The highest BCUT2D eigenvalue weighted by atomic mass is 32.1. The van der Waals surface area contributed by atoms with Crippen LogP contribution in [0.25, 0.3) is 0 Å². The third kappa shape index (κ3) is 0.727. The fraction of sp³-hybridized carbons (Fsp3) is 0.125. The lowest BCUT2D eigenvalue weighted by atomic mass is 10.2. The van der Waals surface area contributed by atoms with Crippen LogP contribution in [-0.4, -0.2) is 11.5 Å². The highest BCUT2D eigenvalue weighted by Gasteiger charge is 2.15. The molecule has 2 heteroatoms. The van der Waals surface area contributed by atoms with E-state index in [4.69, 9.17) is 17.0 Å². The minimum Gasteiger partial charge on any atom is -0.487 e. The second kappa shape index (κ2) is 2.06. The van der Waals surface area contributed by atoms with Gasteiger partial charge in [0.25, 0.3) is 0 Å². The first kappa shape index (κ1) is 5.86. The molecule has 0 saturated heterocycles. The summed E-state index contributed by atoms with van der Waals surface area (Å²) >= 11 is 5.05. The van der Waals surface area contributed by atoms with Crippen molar-refractivity contribution in [2.75, 3.05) is 6.61 Å². The Morgan fingerprint density at radius 3 is 2.90 bits per heavy atom. The molecule has 0 radical (unpaired) electrons. The lowest BCUT2D eigenvalue weighted by molar-refractivity contribution is 0.394. The second-order valence-electron chi connectivity index (χ2n) is 2.21. The number of para-hydroxylation sites is 1. The molecular weight excluding hydrogens is 144 g/mol. The average Bonchev–Trinajstić information content (AvgIpc) is 2.34. The van der Waals surface area contributed by atoms with Crippen LogP contribution in [0, 0.1) is 0 Å². The lowest BCUT2D eigenvalue weighted by Gasteiger charge is -1.93. The smallest absolute Gasteiger partial charge is 0.128 e. The maximum Gasteiger partial charge on any atom is 0.128 e. The van der Waals surface area contributed by atoms with Gasteiger partial charge in [-0.2, -0.15) is 0 Å². The lowest BCUT2D eigenvalue weighted by Crippen LogP contribution is -1.96. The fourth-order valence-electron chi connectivity index (χ4n) is 1.04. The van der Waals surface area contributed by atoms with Crippen LogP contribution < -0.4 is 4.74 Å². The van der Waals surface area contributed by atoms with Crippen molar-refractivity contribution in [3.63, 3.8) is 0 Å². The van der Waals surface area contributed by atoms with Crippen LogP contribution in [-0.2, 0) is 0 Å². The van der Waals surface area contributed by atoms with Gasteiger partial charge in [-0.1, -0.05) is 24.4 Å². The largest absolute Gasteiger partial charge is 0.487 e.